The Morgan fingerprint density at radius 2 is 1.64 bits per heavy atom. The van der Waals surface area contributed by atoms with Crippen LogP contribution in [0.5, 0.6) is 0 Å². The molecule has 1 aliphatic rings. The number of carboxylic acid groups (broad SMARTS) is 1. The van der Waals surface area contributed by atoms with E-state index in [2.05, 4.69) is 15.6 Å². The molecule has 39 heavy (non-hydrogen) atoms. The summed E-state index contributed by atoms with van der Waals surface area (Å²) >= 11 is 0. The van der Waals surface area contributed by atoms with Crippen LogP contribution in [-0.4, -0.2) is 45.1 Å². The number of aromatic nitrogens is 3. The Balaban J connectivity index is 1.48. The van der Waals surface area contributed by atoms with Crippen LogP contribution in [0.2, 0.25) is 0 Å². The maximum atomic E-state index is 14.7. The van der Waals surface area contributed by atoms with Crippen molar-refractivity contribution in [2.24, 2.45) is 0 Å². The molecule has 0 saturated carbocycles. The summed E-state index contributed by atoms with van der Waals surface area (Å²) in [5.41, 5.74) is 0.532. The number of aromatic carboxylic acids is 1. The Hall–Kier alpha value is -4.12. The highest BCUT2D eigenvalue weighted by atomic mass is 19.4. The lowest BCUT2D eigenvalue weighted by Crippen LogP contribution is -2.55. The van der Waals surface area contributed by atoms with Crippen LogP contribution in [0.4, 0.5) is 22.0 Å². The van der Waals surface area contributed by atoms with E-state index in [-0.39, 0.29) is 12.0 Å². The number of nitrogens with zero attached hydrogens (tertiary/aromatic N) is 3. The van der Waals surface area contributed by atoms with Gasteiger partial charge in [-0.25, -0.2) is 18.3 Å². The van der Waals surface area contributed by atoms with Gasteiger partial charge in [-0.2, -0.15) is 13.2 Å². The summed E-state index contributed by atoms with van der Waals surface area (Å²) in [7, 11) is 0. The Kier molecular flexibility index (Phi) is 6.50. The molecule has 0 amide bonds. The molecule has 1 unspecified atom stereocenters. The minimum absolute atomic E-state index is 0.0324. The minimum Gasteiger partial charge on any atom is -0.478 e. The second-order valence-corrected chi connectivity index (χ2v) is 9.74. The predicted octanol–water partition coefficient (Wildman–Crippen LogP) is 6.20. The zero-order valence-electron chi connectivity index (χ0n) is 20.6. The van der Waals surface area contributed by atoms with Gasteiger partial charge in [-0.1, -0.05) is 41.6 Å². The lowest BCUT2D eigenvalue weighted by molar-refractivity contribution is -0.137. The fourth-order valence-corrected chi connectivity index (χ4v) is 4.73. The summed E-state index contributed by atoms with van der Waals surface area (Å²) in [5, 5.41) is 20.5. The first kappa shape index (κ1) is 26.5. The van der Waals surface area contributed by atoms with Crippen molar-refractivity contribution >= 4 is 5.97 Å². The van der Waals surface area contributed by atoms with Crippen molar-refractivity contribution in [1.82, 2.24) is 20.3 Å². The van der Waals surface area contributed by atoms with Gasteiger partial charge in [0.05, 0.1) is 35.0 Å². The molecule has 3 aromatic carbocycles. The van der Waals surface area contributed by atoms with Crippen molar-refractivity contribution in [1.29, 1.82) is 0 Å². The van der Waals surface area contributed by atoms with Gasteiger partial charge in [0.15, 0.2) is 0 Å². The minimum atomic E-state index is -4.46. The van der Waals surface area contributed by atoms with Crippen molar-refractivity contribution < 1.29 is 31.9 Å². The smallest absolute Gasteiger partial charge is 0.416 e. The second kappa shape index (κ2) is 9.57. The maximum Gasteiger partial charge on any atom is 0.416 e. The van der Waals surface area contributed by atoms with Crippen LogP contribution in [-0.2, 0) is 11.6 Å². The highest BCUT2D eigenvalue weighted by Gasteiger charge is 2.52. The number of hydrogen-bond acceptors (Lipinski definition) is 4. The molecule has 2 N–H and O–H groups in total. The van der Waals surface area contributed by atoms with Crippen LogP contribution in [0.15, 0.2) is 72.9 Å². The third-order valence-electron chi connectivity index (χ3n) is 7.24. The predicted molar refractivity (Wildman–Crippen MR) is 134 cm³/mol. The van der Waals surface area contributed by atoms with E-state index in [1.165, 1.54) is 35.1 Å². The SMILES string of the molecule is CC1(c2ccc(-c3cc(C(=O)O)cc(-n4cc(-c5ccc(C(F)(F)F)cc5)nn4)c3)cc2)CCNCC1(F)F. The monoisotopic (exact) mass is 542 g/mol. The molecule has 5 rings (SSSR count). The maximum absolute atomic E-state index is 14.7. The first-order valence-corrected chi connectivity index (χ1v) is 12.1. The molecular formula is C28H23F5N4O2. The van der Waals surface area contributed by atoms with E-state index in [0.29, 0.717) is 40.2 Å². The second-order valence-electron chi connectivity index (χ2n) is 9.74. The summed E-state index contributed by atoms with van der Waals surface area (Å²) in [6.07, 6.45) is -2.71. The molecule has 1 aromatic heterocycles. The largest absolute Gasteiger partial charge is 0.478 e. The molecule has 11 heteroatoms. The number of halogens is 5. The zero-order chi connectivity index (χ0) is 28.0. The van der Waals surface area contributed by atoms with E-state index in [1.807, 2.05) is 0 Å². The van der Waals surface area contributed by atoms with Crippen molar-refractivity contribution in [3.8, 4) is 28.1 Å². The van der Waals surface area contributed by atoms with Gasteiger partial charge in [-0.05, 0) is 66.9 Å². The van der Waals surface area contributed by atoms with E-state index >= 15 is 0 Å². The Morgan fingerprint density at radius 3 is 2.26 bits per heavy atom. The van der Waals surface area contributed by atoms with E-state index in [0.717, 1.165) is 12.1 Å². The molecule has 1 saturated heterocycles. The van der Waals surface area contributed by atoms with Crippen LogP contribution in [0.25, 0.3) is 28.1 Å². The third-order valence-corrected chi connectivity index (χ3v) is 7.24. The number of carboxylic acids is 1. The van der Waals surface area contributed by atoms with Crippen LogP contribution >= 0.6 is 0 Å². The van der Waals surface area contributed by atoms with E-state index in [1.54, 1.807) is 37.3 Å². The van der Waals surface area contributed by atoms with Crippen LogP contribution < -0.4 is 5.32 Å². The molecule has 0 radical (unpaired) electrons. The number of alkyl halides is 5. The van der Waals surface area contributed by atoms with Gasteiger partial charge in [0, 0.05) is 5.56 Å². The van der Waals surface area contributed by atoms with Crippen molar-refractivity contribution in [2.75, 3.05) is 13.1 Å². The average molecular weight is 543 g/mol. The lowest BCUT2D eigenvalue weighted by Gasteiger charge is -2.42. The molecule has 1 aliphatic heterocycles. The van der Waals surface area contributed by atoms with Crippen LogP contribution in [0, 0.1) is 0 Å². The standard InChI is InChI=1S/C28H23F5N4O2/c1-26(10-11-34-16-27(26,29)30)21-6-2-17(3-7-21)19-12-20(25(38)39)14-23(13-19)37-15-24(35-36-37)18-4-8-22(9-5-18)28(31,32)33/h2-9,12-15,34H,10-11,16H2,1H3,(H,38,39). The first-order valence-electron chi connectivity index (χ1n) is 12.1. The molecule has 4 aromatic rings. The van der Waals surface area contributed by atoms with Crippen LogP contribution in [0.1, 0.15) is 34.8 Å². The molecule has 1 atom stereocenters. The van der Waals surface area contributed by atoms with Crippen LogP contribution in [0.3, 0.4) is 0 Å². The number of hydrogen-bond donors (Lipinski definition) is 2. The van der Waals surface area contributed by atoms with E-state index in [9.17, 15) is 31.9 Å². The fourth-order valence-electron chi connectivity index (χ4n) is 4.73. The van der Waals surface area contributed by atoms with Gasteiger partial charge in [0.2, 0.25) is 0 Å². The van der Waals surface area contributed by atoms with Crippen molar-refractivity contribution in [2.45, 2.75) is 30.9 Å². The molecule has 0 bridgehead atoms. The number of benzene rings is 3. The van der Waals surface area contributed by atoms with E-state index in [4.69, 9.17) is 0 Å². The molecule has 6 nitrogen and oxygen atoms in total. The van der Waals surface area contributed by atoms with Gasteiger partial charge in [-0.3, -0.25) is 0 Å². The summed E-state index contributed by atoms with van der Waals surface area (Å²) in [5.74, 6) is -4.11. The average Bonchev–Trinajstić information content (AvgIpc) is 3.40. The quantitative estimate of drug-likeness (QED) is 0.294. The lowest BCUT2D eigenvalue weighted by atomic mass is 9.72. The summed E-state index contributed by atoms with van der Waals surface area (Å²) in [6.45, 7) is 1.62. The molecule has 0 spiro atoms. The van der Waals surface area contributed by atoms with Crippen molar-refractivity contribution in [3.05, 3.63) is 89.6 Å². The molecule has 202 valence electrons. The van der Waals surface area contributed by atoms with Crippen molar-refractivity contribution in [3.63, 3.8) is 0 Å². The van der Waals surface area contributed by atoms with Gasteiger partial charge >= 0.3 is 12.1 Å². The molecular weight excluding hydrogens is 519 g/mol. The third kappa shape index (κ3) is 5.01. The number of piperidine rings is 1. The van der Waals surface area contributed by atoms with Gasteiger partial charge in [0.25, 0.3) is 5.92 Å². The number of rotatable bonds is 5. The van der Waals surface area contributed by atoms with Gasteiger partial charge in [-0.15, -0.1) is 5.10 Å². The molecule has 0 aliphatic carbocycles. The first-order chi connectivity index (χ1) is 18.4. The molecule has 1 fully saturated rings. The Morgan fingerprint density at radius 1 is 0.974 bits per heavy atom. The Bertz CT molecular complexity index is 1510. The number of nitrogens with one attached hydrogen (secondary N) is 1. The normalized spacial score (nSPS) is 19.1. The number of carbonyl (C=O) groups is 1. The summed E-state index contributed by atoms with van der Waals surface area (Å²) in [6, 6.07) is 15.6. The summed E-state index contributed by atoms with van der Waals surface area (Å²) < 4.78 is 69.5. The van der Waals surface area contributed by atoms with Gasteiger partial charge in [0.1, 0.15) is 5.69 Å². The highest BCUT2D eigenvalue weighted by Crippen LogP contribution is 2.44. The summed E-state index contributed by atoms with van der Waals surface area (Å²) in [4.78, 5) is 11.9. The zero-order valence-corrected chi connectivity index (χ0v) is 20.6. The Labute approximate surface area is 220 Å². The topological polar surface area (TPSA) is 80.0 Å². The molecule has 2 heterocycles. The highest BCUT2D eigenvalue weighted by molar-refractivity contribution is 5.90. The van der Waals surface area contributed by atoms with Gasteiger partial charge < -0.3 is 10.4 Å². The fraction of sp³-hybridized carbons (Fsp3) is 0.250. The van der Waals surface area contributed by atoms with E-state index < -0.39 is 35.6 Å².